The first-order valence-electron chi connectivity index (χ1n) is 5.78. The van der Waals surface area contributed by atoms with Crippen LogP contribution in [0.5, 0.6) is 0 Å². The van der Waals surface area contributed by atoms with Crippen LogP contribution in [0.25, 0.3) is 5.57 Å². The first-order chi connectivity index (χ1) is 7.34. The molecule has 0 saturated heterocycles. The van der Waals surface area contributed by atoms with Crippen LogP contribution in [0.4, 0.5) is 0 Å². The van der Waals surface area contributed by atoms with E-state index in [4.69, 9.17) is 0 Å². The maximum Gasteiger partial charge on any atom is 0.248 e. The highest BCUT2D eigenvalue weighted by atomic mass is 16.1. The Labute approximate surface area is 89.0 Å². The molecule has 0 bridgehead atoms. The van der Waals surface area contributed by atoms with Gasteiger partial charge >= 0.3 is 0 Å². The molecular weight excluding hydrogens is 186 g/mol. The largest absolute Gasteiger partial charge is 0.326 e. The number of aromatic amines is 1. The Hall–Kier alpha value is -1.31. The Morgan fingerprint density at radius 1 is 1.00 bits per heavy atom. The number of aryl methyl sites for hydroxylation is 1. The van der Waals surface area contributed by atoms with Crippen molar-refractivity contribution in [1.29, 1.82) is 0 Å². The molecule has 0 unspecified atom stereocenters. The van der Waals surface area contributed by atoms with Gasteiger partial charge in [0.15, 0.2) is 0 Å². The summed E-state index contributed by atoms with van der Waals surface area (Å²) in [4.78, 5) is 14.2. The maximum atomic E-state index is 11.2. The van der Waals surface area contributed by atoms with Crippen LogP contribution in [0.1, 0.15) is 43.4 Å². The number of allylic oxidation sites excluding steroid dienone is 2. The van der Waals surface area contributed by atoms with Crippen LogP contribution in [0.3, 0.4) is 0 Å². The van der Waals surface area contributed by atoms with E-state index in [1.54, 1.807) is 11.6 Å². The number of rotatable bonds is 0. The molecular formula is C13H15NO. The molecule has 1 heterocycles. The second kappa shape index (κ2) is 3.37. The minimum atomic E-state index is 0.0357. The van der Waals surface area contributed by atoms with Crippen molar-refractivity contribution in [1.82, 2.24) is 4.98 Å². The zero-order chi connectivity index (χ0) is 10.3. The summed E-state index contributed by atoms with van der Waals surface area (Å²) >= 11 is 0. The van der Waals surface area contributed by atoms with Crippen molar-refractivity contribution < 1.29 is 0 Å². The minimum absolute atomic E-state index is 0.0357. The first-order valence-corrected chi connectivity index (χ1v) is 5.78. The Balaban J connectivity index is 2.16. The summed E-state index contributed by atoms with van der Waals surface area (Å²) in [5, 5.41) is 0. The second-order valence-electron chi connectivity index (χ2n) is 4.50. The molecule has 3 rings (SSSR count). The number of hydrogen-bond acceptors (Lipinski definition) is 1. The summed E-state index contributed by atoms with van der Waals surface area (Å²) < 4.78 is 0. The number of fused-ring (bicyclic) bond motifs is 2. The number of H-pyrrole nitrogens is 1. The van der Waals surface area contributed by atoms with Crippen molar-refractivity contribution in [3.05, 3.63) is 39.3 Å². The molecule has 15 heavy (non-hydrogen) atoms. The maximum absolute atomic E-state index is 11.2. The van der Waals surface area contributed by atoms with Gasteiger partial charge < -0.3 is 4.98 Å². The van der Waals surface area contributed by atoms with E-state index in [1.165, 1.54) is 36.8 Å². The van der Waals surface area contributed by atoms with Gasteiger partial charge in [-0.15, -0.1) is 0 Å². The summed E-state index contributed by atoms with van der Waals surface area (Å²) in [6.45, 7) is 0. The summed E-state index contributed by atoms with van der Waals surface area (Å²) in [5.74, 6) is 0. The summed E-state index contributed by atoms with van der Waals surface area (Å²) in [5.41, 5.74) is 5.67. The highest BCUT2D eigenvalue weighted by Gasteiger charge is 2.21. The van der Waals surface area contributed by atoms with Gasteiger partial charge in [0.2, 0.25) is 5.56 Å². The Bertz CT molecular complexity index is 482. The van der Waals surface area contributed by atoms with Gasteiger partial charge in [0.25, 0.3) is 0 Å². The lowest BCUT2D eigenvalue weighted by Crippen LogP contribution is -2.15. The lowest BCUT2D eigenvalue weighted by atomic mass is 9.80. The molecule has 0 saturated carbocycles. The number of nitrogens with one attached hydrogen (secondary N) is 1. The molecule has 2 nitrogen and oxygen atoms in total. The zero-order valence-electron chi connectivity index (χ0n) is 8.81. The standard InChI is InChI=1S/C13H15NO/c15-13-8-6-11-10-4-2-1-3-9(10)5-7-12(11)14-13/h6,8H,1-5,7H2,(H,14,15). The Morgan fingerprint density at radius 3 is 2.80 bits per heavy atom. The van der Waals surface area contributed by atoms with Gasteiger partial charge in [-0.3, -0.25) is 4.79 Å². The fourth-order valence-corrected chi connectivity index (χ4v) is 2.84. The topological polar surface area (TPSA) is 32.9 Å². The monoisotopic (exact) mass is 201 g/mol. The van der Waals surface area contributed by atoms with Crippen LogP contribution in [-0.2, 0) is 6.42 Å². The van der Waals surface area contributed by atoms with Gasteiger partial charge in [-0.25, -0.2) is 0 Å². The van der Waals surface area contributed by atoms with Crippen molar-refractivity contribution in [3.63, 3.8) is 0 Å². The summed E-state index contributed by atoms with van der Waals surface area (Å²) in [6, 6.07) is 3.66. The van der Waals surface area contributed by atoms with Crippen LogP contribution in [0.15, 0.2) is 22.5 Å². The van der Waals surface area contributed by atoms with E-state index >= 15 is 0 Å². The van der Waals surface area contributed by atoms with Gasteiger partial charge in [-0.1, -0.05) is 5.57 Å². The van der Waals surface area contributed by atoms with E-state index in [1.807, 2.05) is 6.07 Å². The van der Waals surface area contributed by atoms with Gasteiger partial charge in [0.05, 0.1) is 0 Å². The van der Waals surface area contributed by atoms with E-state index in [0.717, 1.165) is 18.5 Å². The average molecular weight is 201 g/mol. The highest BCUT2D eigenvalue weighted by molar-refractivity contribution is 5.72. The fourth-order valence-electron chi connectivity index (χ4n) is 2.84. The summed E-state index contributed by atoms with van der Waals surface area (Å²) in [7, 11) is 0. The van der Waals surface area contributed by atoms with Crippen LogP contribution >= 0.6 is 0 Å². The SMILES string of the molecule is O=c1ccc2c([nH]1)CCC1=C2CCCC1. The molecule has 1 aromatic rings. The van der Waals surface area contributed by atoms with E-state index in [0.29, 0.717) is 0 Å². The van der Waals surface area contributed by atoms with Crippen molar-refractivity contribution in [3.8, 4) is 0 Å². The summed E-state index contributed by atoms with van der Waals surface area (Å²) in [6.07, 6.45) is 7.30. The van der Waals surface area contributed by atoms with Crippen LogP contribution < -0.4 is 5.56 Å². The molecule has 2 aliphatic carbocycles. The molecule has 2 aliphatic rings. The van der Waals surface area contributed by atoms with Gasteiger partial charge in [-0.05, 0) is 55.7 Å². The Kier molecular flexibility index (Phi) is 2.01. The predicted octanol–water partition coefficient (Wildman–Crippen LogP) is 2.65. The van der Waals surface area contributed by atoms with E-state index in [9.17, 15) is 4.79 Å². The average Bonchev–Trinajstić information content (AvgIpc) is 2.28. The third-order valence-electron chi connectivity index (χ3n) is 3.58. The van der Waals surface area contributed by atoms with Gasteiger partial charge in [-0.2, -0.15) is 0 Å². The van der Waals surface area contributed by atoms with E-state index < -0.39 is 0 Å². The fraction of sp³-hybridized carbons (Fsp3) is 0.462. The lowest BCUT2D eigenvalue weighted by molar-refractivity contribution is 0.670. The second-order valence-corrected chi connectivity index (χ2v) is 4.50. The van der Waals surface area contributed by atoms with Crippen LogP contribution in [0.2, 0.25) is 0 Å². The third-order valence-corrected chi connectivity index (χ3v) is 3.58. The molecule has 0 fully saturated rings. The molecule has 2 heteroatoms. The first kappa shape index (κ1) is 8.96. The molecule has 0 atom stereocenters. The molecule has 0 aliphatic heterocycles. The molecule has 0 radical (unpaired) electrons. The number of pyridine rings is 1. The van der Waals surface area contributed by atoms with Gasteiger partial charge in [0, 0.05) is 11.8 Å². The van der Waals surface area contributed by atoms with Gasteiger partial charge in [0.1, 0.15) is 0 Å². The molecule has 1 aromatic heterocycles. The molecule has 78 valence electrons. The van der Waals surface area contributed by atoms with Crippen LogP contribution in [-0.4, -0.2) is 4.98 Å². The zero-order valence-corrected chi connectivity index (χ0v) is 8.81. The Morgan fingerprint density at radius 2 is 1.87 bits per heavy atom. The van der Waals surface area contributed by atoms with Crippen LogP contribution in [0, 0.1) is 0 Å². The predicted molar refractivity (Wildman–Crippen MR) is 60.8 cm³/mol. The molecule has 1 N–H and O–H groups in total. The van der Waals surface area contributed by atoms with Crippen molar-refractivity contribution in [2.24, 2.45) is 0 Å². The smallest absolute Gasteiger partial charge is 0.248 e. The third kappa shape index (κ3) is 1.44. The lowest BCUT2D eigenvalue weighted by Gasteiger charge is -2.26. The molecule has 0 spiro atoms. The number of hydrogen-bond donors (Lipinski definition) is 1. The van der Waals surface area contributed by atoms with E-state index in [-0.39, 0.29) is 5.56 Å². The van der Waals surface area contributed by atoms with Crippen molar-refractivity contribution in [2.45, 2.75) is 38.5 Å². The normalized spacial score (nSPS) is 19.7. The van der Waals surface area contributed by atoms with Crippen molar-refractivity contribution >= 4 is 5.57 Å². The highest BCUT2D eigenvalue weighted by Crippen LogP contribution is 2.38. The number of aromatic nitrogens is 1. The molecule has 0 aromatic carbocycles. The minimum Gasteiger partial charge on any atom is -0.326 e. The van der Waals surface area contributed by atoms with Crippen molar-refractivity contribution in [2.75, 3.05) is 0 Å². The quantitative estimate of drug-likeness (QED) is 0.687. The molecule has 0 amide bonds. The van der Waals surface area contributed by atoms with E-state index in [2.05, 4.69) is 4.98 Å².